The third-order valence-corrected chi connectivity index (χ3v) is 3.05. The second-order valence-corrected chi connectivity index (χ2v) is 5.17. The first kappa shape index (κ1) is 15.9. The fraction of sp³-hybridized carbons (Fsp3) is 0.417. The van der Waals surface area contributed by atoms with Gasteiger partial charge in [0.25, 0.3) is 11.6 Å². The molecule has 0 saturated carbocycles. The van der Waals surface area contributed by atoms with Crippen LogP contribution in [0.3, 0.4) is 0 Å². The number of benzene rings is 1. The molecule has 0 aliphatic carbocycles. The Hall–Kier alpha value is -1.14. The molecule has 0 bridgehead atoms. The molecule has 0 heterocycles. The minimum absolute atomic E-state index is 0.175. The van der Waals surface area contributed by atoms with Crippen LogP contribution in [0.15, 0.2) is 18.2 Å². The third-order valence-electron chi connectivity index (χ3n) is 2.48. The van der Waals surface area contributed by atoms with E-state index in [-0.39, 0.29) is 22.2 Å². The van der Waals surface area contributed by atoms with Gasteiger partial charge in [0.1, 0.15) is 0 Å². The van der Waals surface area contributed by atoms with E-state index >= 15 is 0 Å². The number of halogens is 2. The van der Waals surface area contributed by atoms with Gasteiger partial charge in [0.05, 0.1) is 4.92 Å². The summed E-state index contributed by atoms with van der Waals surface area (Å²) in [5, 5.41) is 11.6. The number of carbonyl (C=O) groups excluding carboxylic acids is 1. The fourth-order valence-electron chi connectivity index (χ4n) is 1.67. The van der Waals surface area contributed by atoms with E-state index in [9.17, 15) is 14.9 Å². The van der Waals surface area contributed by atoms with Crippen LogP contribution in [-0.2, 0) is 0 Å². The molecule has 0 spiro atoms. The standard InChI is InChI=1S/C12H14BrClN2O3/c1-2-4-15(5-3-13)12(17)9-6-10(14)8-11(7-9)16(18)19/h6-8H,2-5H2,1H3. The van der Waals surface area contributed by atoms with E-state index < -0.39 is 4.92 Å². The average Bonchev–Trinajstić information content (AvgIpc) is 2.37. The number of hydrogen-bond acceptors (Lipinski definition) is 3. The number of nitro benzene ring substituents is 1. The van der Waals surface area contributed by atoms with Crippen molar-refractivity contribution in [1.82, 2.24) is 4.90 Å². The lowest BCUT2D eigenvalue weighted by atomic mass is 10.1. The second-order valence-electron chi connectivity index (χ2n) is 3.94. The van der Waals surface area contributed by atoms with Gasteiger partial charge in [-0.25, -0.2) is 0 Å². The van der Waals surface area contributed by atoms with E-state index in [0.717, 1.165) is 6.42 Å². The molecule has 0 fully saturated rings. The minimum Gasteiger partial charge on any atom is -0.338 e. The molecule has 5 nitrogen and oxygen atoms in total. The first-order valence-electron chi connectivity index (χ1n) is 5.79. The number of hydrogen-bond donors (Lipinski definition) is 0. The first-order valence-corrected chi connectivity index (χ1v) is 7.29. The lowest BCUT2D eigenvalue weighted by Gasteiger charge is -2.21. The zero-order valence-corrected chi connectivity index (χ0v) is 12.8. The monoisotopic (exact) mass is 348 g/mol. The van der Waals surface area contributed by atoms with Crippen molar-refractivity contribution >= 4 is 39.1 Å². The first-order chi connectivity index (χ1) is 8.99. The number of nitrogens with zero attached hydrogens (tertiary/aromatic N) is 2. The smallest absolute Gasteiger partial charge is 0.271 e. The van der Waals surface area contributed by atoms with Crippen molar-refractivity contribution < 1.29 is 9.72 Å². The van der Waals surface area contributed by atoms with Crippen LogP contribution >= 0.6 is 27.5 Å². The van der Waals surface area contributed by atoms with Crippen molar-refractivity contribution in [2.75, 3.05) is 18.4 Å². The molecule has 1 aromatic rings. The maximum atomic E-state index is 12.3. The molecule has 0 N–H and O–H groups in total. The summed E-state index contributed by atoms with van der Waals surface area (Å²) in [4.78, 5) is 24.1. The van der Waals surface area contributed by atoms with Crippen LogP contribution < -0.4 is 0 Å². The van der Waals surface area contributed by atoms with Gasteiger partial charge in [0.15, 0.2) is 0 Å². The van der Waals surface area contributed by atoms with E-state index in [1.807, 2.05) is 6.92 Å². The Balaban J connectivity index is 3.06. The van der Waals surface area contributed by atoms with Crippen LogP contribution in [0.2, 0.25) is 5.02 Å². The molecule has 0 aromatic heterocycles. The minimum atomic E-state index is -0.558. The fourth-order valence-corrected chi connectivity index (χ4v) is 2.33. The average molecular weight is 350 g/mol. The molecule has 1 aromatic carbocycles. The molecule has 0 aliphatic rings. The molecule has 0 unspecified atom stereocenters. The highest BCUT2D eigenvalue weighted by Crippen LogP contribution is 2.22. The molecule has 0 aliphatic heterocycles. The van der Waals surface area contributed by atoms with Gasteiger partial charge in [0, 0.05) is 41.1 Å². The molecular formula is C12H14BrClN2O3. The molecule has 0 atom stereocenters. The summed E-state index contributed by atoms with van der Waals surface area (Å²) in [5.41, 5.74) is 0.0692. The third kappa shape index (κ3) is 4.47. The maximum Gasteiger partial charge on any atom is 0.271 e. The summed E-state index contributed by atoms with van der Waals surface area (Å²) in [5.74, 6) is -0.244. The van der Waals surface area contributed by atoms with E-state index in [0.29, 0.717) is 18.4 Å². The van der Waals surface area contributed by atoms with Crippen molar-refractivity contribution in [3.8, 4) is 0 Å². The van der Waals surface area contributed by atoms with Crippen LogP contribution in [0.1, 0.15) is 23.7 Å². The van der Waals surface area contributed by atoms with Gasteiger partial charge in [-0.05, 0) is 12.5 Å². The second kappa shape index (κ2) is 7.45. The molecule has 7 heteroatoms. The van der Waals surface area contributed by atoms with Gasteiger partial charge in [-0.3, -0.25) is 14.9 Å². The molecule has 1 rings (SSSR count). The van der Waals surface area contributed by atoms with Gasteiger partial charge in [-0.2, -0.15) is 0 Å². The zero-order valence-electron chi connectivity index (χ0n) is 10.4. The number of nitro groups is 1. The summed E-state index contributed by atoms with van der Waals surface area (Å²) in [7, 11) is 0. The van der Waals surface area contributed by atoms with E-state index in [1.165, 1.54) is 18.2 Å². The van der Waals surface area contributed by atoms with Gasteiger partial charge >= 0.3 is 0 Å². The van der Waals surface area contributed by atoms with Crippen molar-refractivity contribution in [3.05, 3.63) is 38.9 Å². The Kier molecular flexibility index (Phi) is 6.24. The van der Waals surface area contributed by atoms with Gasteiger partial charge in [-0.15, -0.1) is 0 Å². The SMILES string of the molecule is CCCN(CCBr)C(=O)c1cc(Cl)cc([N+](=O)[O-])c1. The van der Waals surface area contributed by atoms with Crippen LogP contribution in [-0.4, -0.2) is 34.2 Å². The molecule has 19 heavy (non-hydrogen) atoms. The van der Waals surface area contributed by atoms with Gasteiger partial charge in [-0.1, -0.05) is 34.5 Å². The Labute approximate surface area is 124 Å². The summed E-state index contributed by atoms with van der Waals surface area (Å²) in [6.07, 6.45) is 0.821. The Morgan fingerprint density at radius 1 is 1.42 bits per heavy atom. The van der Waals surface area contributed by atoms with Crippen molar-refractivity contribution in [2.45, 2.75) is 13.3 Å². The number of rotatable bonds is 6. The topological polar surface area (TPSA) is 63.5 Å². The van der Waals surface area contributed by atoms with Crippen LogP contribution in [0, 0.1) is 10.1 Å². The molecular weight excluding hydrogens is 336 g/mol. The summed E-state index contributed by atoms with van der Waals surface area (Å²) < 4.78 is 0. The lowest BCUT2D eigenvalue weighted by Crippen LogP contribution is -2.33. The highest BCUT2D eigenvalue weighted by Gasteiger charge is 2.18. The van der Waals surface area contributed by atoms with Crippen LogP contribution in [0.25, 0.3) is 0 Å². The van der Waals surface area contributed by atoms with Crippen molar-refractivity contribution in [1.29, 1.82) is 0 Å². The largest absolute Gasteiger partial charge is 0.338 e. The van der Waals surface area contributed by atoms with E-state index in [2.05, 4.69) is 15.9 Å². The van der Waals surface area contributed by atoms with Crippen molar-refractivity contribution in [2.24, 2.45) is 0 Å². The van der Waals surface area contributed by atoms with E-state index in [1.54, 1.807) is 4.90 Å². The van der Waals surface area contributed by atoms with Gasteiger partial charge < -0.3 is 4.90 Å². The maximum absolute atomic E-state index is 12.3. The predicted molar refractivity (Wildman–Crippen MR) is 78.1 cm³/mol. The van der Waals surface area contributed by atoms with Crippen molar-refractivity contribution in [3.63, 3.8) is 0 Å². The van der Waals surface area contributed by atoms with Crippen LogP contribution in [0.4, 0.5) is 5.69 Å². The summed E-state index contributed by atoms with van der Waals surface area (Å²) in [6, 6.07) is 3.94. The number of carbonyl (C=O) groups is 1. The Morgan fingerprint density at radius 3 is 2.63 bits per heavy atom. The number of amides is 1. The zero-order chi connectivity index (χ0) is 14.4. The highest BCUT2D eigenvalue weighted by molar-refractivity contribution is 9.09. The van der Waals surface area contributed by atoms with E-state index in [4.69, 9.17) is 11.6 Å². The summed E-state index contributed by atoms with van der Waals surface area (Å²) in [6.45, 7) is 3.12. The van der Waals surface area contributed by atoms with Gasteiger partial charge in [0.2, 0.25) is 0 Å². The molecule has 104 valence electrons. The number of alkyl halides is 1. The molecule has 0 radical (unpaired) electrons. The predicted octanol–water partition coefficient (Wildman–Crippen LogP) is 3.50. The Bertz CT molecular complexity index is 476. The number of non-ortho nitro benzene ring substituents is 1. The normalized spacial score (nSPS) is 10.3. The van der Waals surface area contributed by atoms with Crippen LogP contribution in [0.5, 0.6) is 0 Å². The quantitative estimate of drug-likeness (QED) is 0.448. The lowest BCUT2D eigenvalue weighted by molar-refractivity contribution is -0.384. The Morgan fingerprint density at radius 2 is 2.11 bits per heavy atom. The molecule has 0 saturated heterocycles. The highest BCUT2D eigenvalue weighted by atomic mass is 79.9. The molecule has 1 amide bonds. The summed E-state index contributed by atoms with van der Waals surface area (Å²) >= 11 is 9.10.